The summed E-state index contributed by atoms with van der Waals surface area (Å²) in [6.45, 7) is 4.57. The van der Waals surface area contributed by atoms with Crippen LogP contribution in [0, 0.1) is 11.8 Å². The molecule has 25 heavy (non-hydrogen) atoms. The lowest BCUT2D eigenvalue weighted by molar-refractivity contribution is 0.217. The second-order valence-electron chi connectivity index (χ2n) is 7.50. The van der Waals surface area contributed by atoms with Gasteiger partial charge >= 0.3 is 0 Å². The SMILES string of the molecule is CC(C)C1CCC(c2ccc(O)c(Cl)c2)(c2ccc(O)c(Cl)c2)CC1. The van der Waals surface area contributed by atoms with Crippen molar-refractivity contribution in [3.05, 3.63) is 57.6 Å². The van der Waals surface area contributed by atoms with Crippen LogP contribution in [0.5, 0.6) is 11.5 Å². The van der Waals surface area contributed by atoms with Crippen molar-refractivity contribution in [3.63, 3.8) is 0 Å². The van der Waals surface area contributed by atoms with E-state index in [0.717, 1.165) is 36.8 Å². The predicted octanol–water partition coefficient (Wildman–Crippen LogP) is 6.54. The maximum Gasteiger partial charge on any atom is 0.134 e. The highest BCUT2D eigenvalue weighted by molar-refractivity contribution is 6.32. The molecule has 0 aliphatic heterocycles. The quantitative estimate of drug-likeness (QED) is 0.636. The summed E-state index contributed by atoms with van der Waals surface area (Å²) in [5.41, 5.74) is 2.00. The number of benzene rings is 2. The van der Waals surface area contributed by atoms with Crippen LogP contribution in [0.4, 0.5) is 0 Å². The van der Waals surface area contributed by atoms with Gasteiger partial charge in [-0.1, -0.05) is 49.2 Å². The summed E-state index contributed by atoms with van der Waals surface area (Å²) in [5.74, 6) is 1.58. The molecule has 1 aliphatic carbocycles. The number of rotatable bonds is 3. The fourth-order valence-electron chi connectivity index (χ4n) is 4.15. The smallest absolute Gasteiger partial charge is 0.134 e. The second-order valence-corrected chi connectivity index (χ2v) is 8.31. The molecule has 1 fully saturated rings. The van der Waals surface area contributed by atoms with Crippen LogP contribution in [0.2, 0.25) is 10.0 Å². The lowest BCUT2D eigenvalue weighted by Gasteiger charge is -2.42. The maximum absolute atomic E-state index is 9.81. The largest absolute Gasteiger partial charge is 0.506 e. The molecule has 2 aromatic rings. The zero-order chi connectivity index (χ0) is 18.2. The van der Waals surface area contributed by atoms with E-state index in [0.29, 0.717) is 21.9 Å². The lowest BCUT2D eigenvalue weighted by Crippen LogP contribution is -2.34. The normalized spacial score (nSPS) is 17.8. The van der Waals surface area contributed by atoms with Gasteiger partial charge in [0.25, 0.3) is 0 Å². The van der Waals surface area contributed by atoms with Crippen LogP contribution in [0.1, 0.15) is 50.7 Å². The molecule has 0 unspecified atom stereocenters. The Labute approximate surface area is 159 Å². The number of halogens is 2. The van der Waals surface area contributed by atoms with Gasteiger partial charge in [-0.25, -0.2) is 0 Å². The van der Waals surface area contributed by atoms with Gasteiger partial charge in [0.05, 0.1) is 10.0 Å². The van der Waals surface area contributed by atoms with E-state index >= 15 is 0 Å². The van der Waals surface area contributed by atoms with Gasteiger partial charge in [-0.2, -0.15) is 0 Å². The Hall–Kier alpha value is -1.38. The molecule has 0 spiro atoms. The number of phenolic OH excluding ortho intramolecular Hbond substituents is 2. The molecule has 0 amide bonds. The van der Waals surface area contributed by atoms with E-state index in [9.17, 15) is 10.2 Å². The Kier molecular flexibility index (Phi) is 5.22. The van der Waals surface area contributed by atoms with Crippen LogP contribution >= 0.6 is 23.2 Å². The summed E-state index contributed by atoms with van der Waals surface area (Å²) >= 11 is 12.4. The third-order valence-electron chi connectivity index (χ3n) is 5.83. The maximum atomic E-state index is 9.81. The van der Waals surface area contributed by atoms with Crippen molar-refractivity contribution >= 4 is 23.2 Å². The molecular weight excluding hydrogens is 355 g/mol. The summed E-state index contributed by atoms with van der Waals surface area (Å²) in [5, 5.41) is 20.3. The zero-order valence-electron chi connectivity index (χ0n) is 14.6. The van der Waals surface area contributed by atoms with Crippen molar-refractivity contribution in [2.75, 3.05) is 0 Å². The van der Waals surface area contributed by atoms with E-state index in [1.54, 1.807) is 12.1 Å². The van der Waals surface area contributed by atoms with Crippen molar-refractivity contribution in [1.82, 2.24) is 0 Å². The molecule has 2 N–H and O–H groups in total. The summed E-state index contributed by atoms with van der Waals surface area (Å²) in [7, 11) is 0. The molecule has 0 saturated heterocycles. The Balaban J connectivity index is 2.08. The topological polar surface area (TPSA) is 40.5 Å². The zero-order valence-corrected chi connectivity index (χ0v) is 16.1. The van der Waals surface area contributed by atoms with Crippen molar-refractivity contribution in [2.45, 2.75) is 44.9 Å². The monoisotopic (exact) mass is 378 g/mol. The Bertz CT molecular complexity index is 709. The summed E-state index contributed by atoms with van der Waals surface area (Å²) < 4.78 is 0. The van der Waals surface area contributed by atoms with Gasteiger partial charge in [-0.15, -0.1) is 0 Å². The predicted molar refractivity (Wildman–Crippen MR) is 104 cm³/mol. The van der Waals surface area contributed by atoms with Crippen molar-refractivity contribution in [1.29, 1.82) is 0 Å². The minimum atomic E-state index is -0.194. The number of hydrogen-bond acceptors (Lipinski definition) is 2. The van der Waals surface area contributed by atoms with Crippen LogP contribution in [-0.2, 0) is 5.41 Å². The van der Waals surface area contributed by atoms with E-state index in [-0.39, 0.29) is 16.9 Å². The Morgan fingerprint density at radius 2 is 1.32 bits per heavy atom. The van der Waals surface area contributed by atoms with Gasteiger partial charge in [0.2, 0.25) is 0 Å². The summed E-state index contributed by atoms with van der Waals surface area (Å²) in [6, 6.07) is 11.0. The highest BCUT2D eigenvalue weighted by atomic mass is 35.5. The van der Waals surface area contributed by atoms with Gasteiger partial charge in [0, 0.05) is 5.41 Å². The van der Waals surface area contributed by atoms with Crippen LogP contribution in [0.15, 0.2) is 36.4 Å². The molecule has 0 atom stereocenters. The minimum absolute atomic E-state index is 0.0974. The first-order valence-corrected chi connectivity index (χ1v) is 9.57. The molecule has 0 aromatic heterocycles. The van der Waals surface area contributed by atoms with Gasteiger partial charge in [-0.05, 0) is 72.9 Å². The van der Waals surface area contributed by atoms with Crippen molar-refractivity contribution in [3.8, 4) is 11.5 Å². The van der Waals surface area contributed by atoms with E-state index in [4.69, 9.17) is 23.2 Å². The number of aromatic hydroxyl groups is 2. The summed E-state index contributed by atoms with van der Waals surface area (Å²) in [6.07, 6.45) is 4.26. The first kappa shape index (κ1) is 18.4. The Morgan fingerprint density at radius 3 is 1.68 bits per heavy atom. The van der Waals surface area contributed by atoms with E-state index in [2.05, 4.69) is 13.8 Å². The van der Waals surface area contributed by atoms with Gasteiger partial charge in [-0.3, -0.25) is 0 Å². The molecular formula is C21H24Cl2O2. The molecule has 1 saturated carbocycles. The van der Waals surface area contributed by atoms with E-state index in [1.165, 1.54) is 0 Å². The van der Waals surface area contributed by atoms with Gasteiger partial charge in [0.15, 0.2) is 0 Å². The molecule has 3 rings (SSSR count). The first-order valence-electron chi connectivity index (χ1n) is 8.81. The number of phenols is 2. The average Bonchev–Trinajstić information content (AvgIpc) is 2.59. The summed E-state index contributed by atoms with van der Waals surface area (Å²) in [4.78, 5) is 0. The van der Waals surface area contributed by atoms with Gasteiger partial charge < -0.3 is 10.2 Å². The lowest BCUT2D eigenvalue weighted by atomic mass is 9.61. The van der Waals surface area contributed by atoms with Crippen LogP contribution in [0.25, 0.3) is 0 Å². The van der Waals surface area contributed by atoms with Crippen molar-refractivity contribution < 1.29 is 10.2 Å². The average molecular weight is 379 g/mol. The van der Waals surface area contributed by atoms with Crippen molar-refractivity contribution in [2.24, 2.45) is 11.8 Å². The molecule has 0 bridgehead atoms. The molecule has 0 radical (unpaired) electrons. The highest BCUT2D eigenvalue weighted by Gasteiger charge is 2.39. The first-order chi connectivity index (χ1) is 11.8. The molecule has 0 heterocycles. The van der Waals surface area contributed by atoms with Gasteiger partial charge in [0.1, 0.15) is 11.5 Å². The standard InChI is InChI=1S/C21H24Cl2O2/c1-13(2)14-7-9-21(10-8-14,15-3-5-19(24)17(22)11-15)16-4-6-20(25)18(23)12-16/h3-6,11-14,24-25H,7-10H2,1-2H3. The molecule has 2 aromatic carbocycles. The van der Waals surface area contributed by atoms with Crippen LogP contribution in [-0.4, -0.2) is 10.2 Å². The third kappa shape index (κ3) is 3.47. The third-order valence-corrected chi connectivity index (χ3v) is 6.43. The van der Waals surface area contributed by atoms with E-state index < -0.39 is 0 Å². The number of hydrogen-bond donors (Lipinski definition) is 2. The minimum Gasteiger partial charge on any atom is -0.506 e. The molecule has 2 nitrogen and oxygen atoms in total. The van der Waals surface area contributed by atoms with Crippen LogP contribution < -0.4 is 0 Å². The Morgan fingerprint density at radius 1 is 0.880 bits per heavy atom. The molecule has 4 heteroatoms. The van der Waals surface area contributed by atoms with E-state index in [1.807, 2.05) is 24.3 Å². The fourth-order valence-corrected chi connectivity index (χ4v) is 4.51. The molecule has 134 valence electrons. The van der Waals surface area contributed by atoms with Crippen LogP contribution in [0.3, 0.4) is 0 Å². The fraction of sp³-hybridized carbons (Fsp3) is 0.429. The second kappa shape index (κ2) is 7.09. The molecule has 1 aliphatic rings. The highest BCUT2D eigenvalue weighted by Crippen LogP contribution is 2.49.